The Morgan fingerprint density at radius 3 is 2.95 bits per heavy atom. The average Bonchev–Trinajstić information content (AvgIpc) is 2.66. The summed E-state index contributed by atoms with van der Waals surface area (Å²) in [7, 11) is 0. The van der Waals surface area contributed by atoms with Gasteiger partial charge in [0.2, 0.25) is 0 Å². The van der Waals surface area contributed by atoms with E-state index in [4.69, 9.17) is 5.11 Å². The maximum Gasteiger partial charge on any atom is 0.313 e. The molecule has 1 heterocycles. The first kappa shape index (κ1) is 13.6. The molecule has 0 atom stereocenters. The number of nitrogens with zero attached hydrogens (tertiary/aromatic N) is 2. The molecule has 2 rings (SSSR count). The number of thioether (sulfide) groups is 1. The Morgan fingerprint density at radius 2 is 2.32 bits per heavy atom. The summed E-state index contributed by atoms with van der Waals surface area (Å²) >= 11 is 1.08. The van der Waals surface area contributed by atoms with Crippen LogP contribution >= 0.6 is 11.8 Å². The molecular formula is C13H13FN2O2S. The predicted molar refractivity (Wildman–Crippen MR) is 72.9 cm³/mol. The van der Waals surface area contributed by atoms with Gasteiger partial charge in [-0.25, -0.2) is 9.37 Å². The third kappa shape index (κ3) is 2.96. The first-order valence-electron chi connectivity index (χ1n) is 5.62. The number of carboxylic acids is 1. The van der Waals surface area contributed by atoms with Gasteiger partial charge >= 0.3 is 5.97 Å². The molecule has 0 spiro atoms. The molecule has 4 nitrogen and oxygen atoms in total. The van der Waals surface area contributed by atoms with Crippen molar-refractivity contribution in [1.29, 1.82) is 0 Å². The highest BCUT2D eigenvalue weighted by atomic mass is 32.2. The summed E-state index contributed by atoms with van der Waals surface area (Å²) in [5, 5.41) is 9.22. The second-order valence-corrected chi connectivity index (χ2v) is 5.17. The van der Waals surface area contributed by atoms with Crippen LogP contribution < -0.4 is 0 Å². The number of aliphatic carboxylic acids is 1. The third-order valence-corrected chi connectivity index (χ3v) is 3.41. The van der Waals surface area contributed by atoms with Gasteiger partial charge in [0.05, 0.1) is 11.3 Å². The molecule has 0 bridgehead atoms. The second-order valence-electron chi connectivity index (χ2n) is 4.23. The lowest BCUT2D eigenvalue weighted by Crippen LogP contribution is -2.03. The first-order valence-corrected chi connectivity index (χ1v) is 6.61. The molecule has 0 radical (unpaired) electrons. The van der Waals surface area contributed by atoms with Crippen LogP contribution in [0.15, 0.2) is 35.5 Å². The molecule has 0 aliphatic rings. The van der Waals surface area contributed by atoms with Crippen molar-refractivity contribution >= 4 is 28.8 Å². The van der Waals surface area contributed by atoms with Crippen molar-refractivity contribution in [2.45, 2.75) is 18.6 Å². The van der Waals surface area contributed by atoms with Crippen LogP contribution in [0.3, 0.4) is 0 Å². The molecule has 0 saturated carbocycles. The van der Waals surface area contributed by atoms with Crippen LogP contribution in [0, 0.1) is 5.82 Å². The zero-order chi connectivity index (χ0) is 14.0. The molecule has 1 aromatic heterocycles. The van der Waals surface area contributed by atoms with E-state index >= 15 is 0 Å². The smallest absolute Gasteiger partial charge is 0.313 e. The Bertz CT molecular complexity index is 651. The molecule has 1 aromatic carbocycles. The second kappa shape index (κ2) is 5.44. The average molecular weight is 280 g/mol. The van der Waals surface area contributed by atoms with E-state index in [2.05, 4.69) is 11.6 Å². The number of imidazole rings is 1. The summed E-state index contributed by atoms with van der Waals surface area (Å²) in [4.78, 5) is 14.8. The van der Waals surface area contributed by atoms with Crippen molar-refractivity contribution in [2.75, 3.05) is 5.75 Å². The van der Waals surface area contributed by atoms with E-state index in [1.165, 1.54) is 6.07 Å². The van der Waals surface area contributed by atoms with E-state index < -0.39 is 11.8 Å². The number of aromatic nitrogens is 2. The summed E-state index contributed by atoms with van der Waals surface area (Å²) in [5.41, 5.74) is 1.80. The molecular weight excluding hydrogens is 267 g/mol. The maximum absolute atomic E-state index is 13.7. The number of hydrogen-bond acceptors (Lipinski definition) is 3. The van der Waals surface area contributed by atoms with Crippen molar-refractivity contribution in [3.8, 4) is 0 Å². The normalized spacial score (nSPS) is 10.8. The van der Waals surface area contributed by atoms with Crippen LogP contribution in [0.4, 0.5) is 4.39 Å². The topological polar surface area (TPSA) is 55.1 Å². The highest BCUT2D eigenvalue weighted by Crippen LogP contribution is 2.26. The molecule has 0 unspecified atom stereocenters. The van der Waals surface area contributed by atoms with Gasteiger partial charge in [-0.2, -0.15) is 0 Å². The minimum atomic E-state index is -0.931. The Labute approximate surface area is 113 Å². The zero-order valence-corrected chi connectivity index (χ0v) is 11.2. The van der Waals surface area contributed by atoms with Gasteiger partial charge in [0.15, 0.2) is 11.0 Å². The Morgan fingerprint density at radius 1 is 1.58 bits per heavy atom. The first-order chi connectivity index (χ1) is 8.99. The van der Waals surface area contributed by atoms with E-state index in [1.54, 1.807) is 16.7 Å². The molecule has 19 heavy (non-hydrogen) atoms. The highest BCUT2D eigenvalue weighted by molar-refractivity contribution is 7.99. The van der Waals surface area contributed by atoms with Gasteiger partial charge < -0.3 is 9.67 Å². The van der Waals surface area contributed by atoms with Crippen molar-refractivity contribution in [3.05, 3.63) is 36.2 Å². The van der Waals surface area contributed by atoms with Crippen molar-refractivity contribution in [3.63, 3.8) is 0 Å². The lowest BCUT2D eigenvalue weighted by Gasteiger charge is -2.07. The summed E-state index contributed by atoms with van der Waals surface area (Å²) in [6, 6.07) is 4.71. The minimum absolute atomic E-state index is 0.110. The molecule has 6 heteroatoms. The van der Waals surface area contributed by atoms with Crippen molar-refractivity contribution in [2.24, 2.45) is 0 Å². The fourth-order valence-corrected chi connectivity index (χ4v) is 2.48. The monoisotopic (exact) mass is 280 g/mol. The quantitative estimate of drug-likeness (QED) is 0.676. The van der Waals surface area contributed by atoms with E-state index in [9.17, 15) is 9.18 Å². The van der Waals surface area contributed by atoms with Gasteiger partial charge in [0, 0.05) is 6.54 Å². The molecule has 0 saturated heterocycles. The Kier molecular flexibility index (Phi) is 3.90. The van der Waals surface area contributed by atoms with Crippen molar-refractivity contribution < 1.29 is 14.3 Å². The third-order valence-electron chi connectivity index (χ3n) is 2.45. The predicted octanol–water partition coefficient (Wildman–Crippen LogP) is 2.93. The SMILES string of the molecule is C=C(C)Cn1c(SCC(=O)O)nc2c(F)cccc21. The van der Waals surface area contributed by atoms with Gasteiger partial charge in [-0.15, -0.1) is 0 Å². The summed E-state index contributed by atoms with van der Waals surface area (Å²) in [6.45, 7) is 6.17. The van der Waals surface area contributed by atoms with Crippen LogP contribution in [-0.4, -0.2) is 26.4 Å². The number of halogens is 1. The molecule has 2 aromatic rings. The highest BCUT2D eigenvalue weighted by Gasteiger charge is 2.15. The van der Waals surface area contributed by atoms with E-state index in [1.807, 2.05) is 6.92 Å². The van der Waals surface area contributed by atoms with Crippen LogP contribution in [0.1, 0.15) is 6.92 Å². The molecule has 0 aliphatic carbocycles. The van der Waals surface area contributed by atoms with Gasteiger partial charge in [0.25, 0.3) is 0 Å². The maximum atomic E-state index is 13.7. The summed E-state index contributed by atoms with van der Waals surface area (Å²) in [6.07, 6.45) is 0. The van der Waals surface area contributed by atoms with E-state index in [-0.39, 0.29) is 11.3 Å². The molecule has 1 N–H and O–H groups in total. The Balaban J connectivity index is 2.50. The number of fused-ring (bicyclic) bond motifs is 1. The number of rotatable bonds is 5. The van der Waals surface area contributed by atoms with Gasteiger partial charge in [-0.1, -0.05) is 30.0 Å². The molecule has 0 fully saturated rings. The lowest BCUT2D eigenvalue weighted by molar-refractivity contribution is -0.133. The van der Waals surface area contributed by atoms with Crippen LogP contribution in [-0.2, 0) is 11.3 Å². The molecule has 100 valence electrons. The van der Waals surface area contributed by atoms with Crippen LogP contribution in [0.2, 0.25) is 0 Å². The number of allylic oxidation sites excluding steroid dienone is 1. The lowest BCUT2D eigenvalue weighted by atomic mass is 10.3. The number of para-hydroxylation sites is 1. The zero-order valence-electron chi connectivity index (χ0n) is 10.4. The minimum Gasteiger partial charge on any atom is -0.481 e. The molecule has 0 aliphatic heterocycles. The number of carbonyl (C=O) groups is 1. The Hall–Kier alpha value is -1.82. The fourth-order valence-electron chi connectivity index (χ4n) is 1.75. The summed E-state index contributed by atoms with van der Waals surface area (Å²) in [5.74, 6) is -1.45. The number of carboxylic acid groups (broad SMARTS) is 1. The summed E-state index contributed by atoms with van der Waals surface area (Å²) < 4.78 is 15.5. The van der Waals surface area contributed by atoms with Gasteiger partial charge in [0.1, 0.15) is 5.52 Å². The van der Waals surface area contributed by atoms with E-state index in [0.717, 1.165) is 17.3 Å². The largest absolute Gasteiger partial charge is 0.481 e. The standard InChI is InChI=1S/C13H13FN2O2S/c1-8(2)6-16-10-5-3-4-9(14)12(10)15-13(16)19-7-11(17)18/h3-5H,1,6-7H2,2H3,(H,17,18). The van der Waals surface area contributed by atoms with Crippen LogP contribution in [0.25, 0.3) is 11.0 Å². The van der Waals surface area contributed by atoms with Gasteiger partial charge in [-0.3, -0.25) is 4.79 Å². The van der Waals surface area contributed by atoms with E-state index in [0.29, 0.717) is 17.2 Å². The number of benzene rings is 1. The van der Waals surface area contributed by atoms with Crippen molar-refractivity contribution in [1.82, 2.24) is 9.55 Å². The molecule has 0 amide bonds. The van der Waals surface area contributed by atoms with Crippen LogP contribution in [0.5, 0.6) is 0 Å². The fraction of sp³-hybridized carbons (Fsp3) is 0.231. The van der Waals surface area contributed by atoms with Gasteiger partial charge in [-0.05, 0) is 19.1 Å². The number of hydrogen-bond donors (Lipinski definition) is 1.